The smallest absolute Gasteiger partial charge is 0.273 e. The zero-order valence-electron chi connectivity index (χ0n) is 7.37. The van der Waals surface area contributed by atoms with Gasteiger partial charge in [0.05, 0.1) is 17.0 Å². The van der Waals surface area contributed by atoms with E-state index < -0.39 is 23.2 Å². The second-order valence-electron chi connectivity index (χ2n) is 2.57. The second-order valence-corrected chi connectivity index (χ2v) is 2.57. The lowest BCUT2D eigenvalue weighted by Crippen LogP contribution is -2.28. The Labute approximate surface area is 83.7 Å². The average molecular weight is 212 g/mol. The lowest BCUT2D eigenvalue weighted by molar-refractivity contribution is -0.385. The molecular weight excluding hydrogens is 206 g/mol. The molecule has 0 atom stereocenters. The first-order valence-electron chi connectivity index (χ1n) is 3.80. The summed E-state index contributed by atoms with van der Waals surface area (Å²) >= 11 is 0. The molecule has 1 aromatic rings. The van der Waals surface area contributed by atoms with Crippen LogP contribution in [0.3, 0.4) is 0 Å². The molecule has 7 nitrogen and oxygen atoms in total. The highest BCUT2D eigenvalue weighted by atomic mass is 16.6. The molecule has 1 aromatic carbocycles. The molecule has 7 heteroatoms. The van der Waals surface area contributed by atoms with Crippen LogP contribution in [0.25, 0.3) is 0 Å². The Bertz CT molecular complexity index is 402. The number of phenols is 1. The number of hydrogen-bond acceptors (Lipinski definition) is 6. The maximum atomic E-state index is 10.3. The molecule has 0 aliphatic carbocycles. The van der Waals surface area contributed by atoms with Crippen LogP contribution < -0.4 is 9.84 Å². The molecule has 0 unspecified atom stereocenters. The molecule has 1 N–H and O–H groups in total. The van der Waals surface area contributed by atoms with Crippen LogP contribution in [0.2, 0.25) is 0 Å². The summed E-state index contributed by atoms with van der Waals surface area (Å²) in [6, 6.07) is 3.06. The molecule has 0 saturated carbocycles. The monoisotopic (exact) mass is 212 g/mol. The summed E-state index contributed by atoms with van der Waals surface area (Å²) in [6.45, 7) is -0.731. The number of benzene rings is 1. The Morgan fingerprint density at radius 2 is 2.20 bits per heavy atom. The molecule has 0 saturated heterocycles. The number of ether oxygens (including phenoxy) is 1. The fraction of sp³-hybridized carbons (Fsp3) is 0.125. The Kier molecular flexibility index (Phi) is 3.06. The third-order valence-corrected chi connectivity index (χ3v) is 1.50. The summed E-state index contributed by atoms with van der Waals surface area (Å²) in [6.07, 6.45) is 0. The van der Waals surface area contributed by atoms with Crippen molar-refractivity contribution in [3.05, 3.63) is 28.3 Å². The number of rotatable bonds is 4. The van der Waals surface area contributed by atoms with E-state index in [2.05, 4.69) is 4.74 Å². The second kappa shape index (κ2) is 4.27. The summed E-state index contributed by atoms with van der Waals surface area (Å²) in [7, 11) is 0. The SMILES string of the molecule is O=C([O-])COc1ccc([N+](=O)[O-])cc1O. The van der Waals surface area contributed by atoms with Gasteiger partial charge in [-0.2, -0.15) is 0 Å². The summed E-state index contributed by atoms with van der Waals surface area (Å²) in [5, 5.41) is 29.5. The molecule has 0 radical (unpaired) electrons. The van der Waals surface area contributed by atoms with Crippen LogP contribution in [-0.4, -0.2) is 22.6 Å². The van der Waals surface area contributed by atoms with Crippen molar-refractivity contribution in [2.24, 2.45) is 0 Å². The van der Waals surface area contributed by atoms with Crippen LogP contribution in [0.1, 0.15) is 0 Å². The van der Waals surface area contributed by atoms with Crippen LogP contribution in [0, 0.1) is 10.1 Å². The van der Waals surface area contributed by atoms with E-state index in [4.69, 9.17) is 0 Å². The predicted octanol–water partition coefficient (Wildman–Crippen LogP) is -0.571. The number of nitrogens with zero attached hydrogens (tertiary/aromatic N) is 1. The summed E-state index contributed by atoms with van der Waals surface area (Å²) in [4.78, 5) is 19.6. The summed E-state index contributed by atoms with van der Waals surface area (Å²) in [5.41, 5.74) is -0.312. The van der Waals surface area contributed by atoms with Crippen molar-refractivity contribution in [2.45, 2.75) is 0 Å². The average Bonchev–Trinajstić information content (AvgIpc) is 2.15. The molecule has 80 valence electrons. The largest absolute Gasteiger partial charge is 0.546 e. The Hall–Kier alpha value is -2.31. The van der Waals surface area contributed by atoms with E-state index in [1.807, 2.05) is 0 Å². The van der Waals surface area contributed by atoms with Crippen LogP contribution >= 0.6 is 0 Å². The number of aromatic hydroxyl groups is 1. The van der Waals surface area contributed by atoms with Gasteiger partial charge >= 0.3 is 0 Å². The van der Waals surface area contributed by atoms with Crippen molar-refractivity contribution in [3.63, 3.8) is 0 Å². The van der Waals surface area contributed by atoms with E-state index in [-0.39, 0.29) is 11.4 Å². The zero-order chi connectivity index (χ0) is 11.4. The van der Waals surface area contributed by atoms with Gasteiger partial charge in [0, 0.05) is 6.07 Å². The molecule has 0 fully saturated rings. The van der Waals surface area contributed by atoms with Crippen LogP contribution in [0.15, 0.2) is 18.2 Å². The molecule has 0 aliphatic rings. The third-order valence-electron chi connectivity index (χ3n) is 1.50. The highest BCUT2D eigenvalue weighted by molar-refractivity contribution is 5.66. The van der Waals surface area contributed by atoms with Crippen molar-refractivity contribution in [1.82, 2.24) is 0 Å². The van der Waals surface area contributed by atoms with Crippen molar-refractivity contribution >= 4 is 11.7 Å². The van der Waals surface area contributed by atoms with Crippen LogP contribution in [0.5, 0.6) is 11.5 Å². The molecule has 0 heterocycles. The first kappa shape index (κ1) is 10.8. The number of carbonyl (C=O) groups is 1. The number of non-ortho nitro benzene ring substituents is 1. The first-order chi connectivity index (χ1) is 7.00. The van der Waals surface area contributed by atoms with E-state index in [0.717, 1.165) is 18.2 Å². The van der Waals surface area contributed by atoms with Gasteiger partial charge in [-0.15, -0.1) is 0 Å². The highest BCUT2D eigenvalue weighted by Crippen LogP contribution is 2.29. The third kappa shape index (κ3) is 2.83. The summed E-state index contributed by atoms with van der Waals surface area (Å²) in [5.74, 6) is -2.09. The van der Waals surface area contributed by atoms with E-state index in [1.165, 1.54) is 0 Å². The van der Waals surface area contributed by atoms with E-state index in [9.17, 15) is 25.1 Å². The van der Waals surface area contributed by atoms with E-state index in [0.29, 0.717) is 0 Å². The van der Waals surface area contributed by atoms with E-state index >= 15 is 0 Å². The maximum absolute atomic E-state index is 10.3. The van der Waals surface area contributed by atoms with Gasteiger partial charge in [-0.1, -0.05) is 0 Å². The van der Waals surface area contributed by atoms with Gasteiger partial charge in [0.15, 0.2) is 11.5 Å². The number of nitro groups is 1. The summed E-state index contributed by atoms with van der Waals surface area (Å²) < 4.78 is 4.60. The number of nitro benzene ring substituents is 1. The number of hydrogen-bond donors (Lipinski definition) is 1. The van der Waals surface area contributed by atoms with Crippen LogP contribution in [0.4, 0.5) is 5.69 Å². The Morgan fingerprint density at radius 3 is 2.67 bits per heavy atom. The lowest BCUT2D eigenvalue weighted by atomic mass is 10.3. The number of carbonyl (C=O) groups excluding carboxylic acids is 1. The van der Waals surface area contributed by atoms with Gasteiger partial charge in [0.2, 0.25) is 0 Å². The van der Waals surface area contributed by atoms with Crippen molar-refractivity contribution in [1.29, 1.82) is 0 Å². The molecule has 0 spiro atoms. The number of aliphatic carboxylic acids is 1. The highest BCUT2D eigenvalue weighted by Gasteiger charge is 2.10. The number of phenolic OH excluding ortho intramolecular Hbond substituents is 1. The maximum Gasteiger partial charge on any atom is 0.273 e. The molecule has 0 bridgehead atoms. The zero-order valence-corrected chi connectivity index (χ0v) is 7.37. The number of carboxylic acids is 1. The van der Waals surface area contributed by atoms with Gasteiger partial charge < -0.3 is 19.7 Å². The number of carboxylic acid groups (broad SMARTS) is 1. The minimum Gasteiger partial charge on any atom is -0.546 e. The standard InChI is InChI=1S/C8H7NO6/c10-6-3-5(9(13)14)1-2-7(6)15-4-8(11)12/h1-3,10H,4H2,(H,11,12)/p-1. The minimum absolute atomic E-state index is 0.148. The lowest BCUT2D eigenvalue weighted by Gasteiger charge is -2.07. The van der Waals surface area contributed by atoms with Gasteiger partial charge in [0.25, 0.3) is 5.69 Å². The molecule has 15 heavy (non-hydrogen) atoms. The van der Waals surface area contributed by atoms with Crippen molar-refractivity contribution < 1.29 is 24.7 Å². The quantitative estimate of drug-likeness (QED) is 0.528. The van der Waals surface area contributed by atoms with Crippen molar-refractivity contribution in [3.8, 4) is 11.5 Å². The fourth-order valence-electron chi connectivity index (χ4n) is 0.878. The Balaban J connectivity index is 2.83. The Morgan fingerprint density at radius 1 is 1.53 bits per heavy atom. The molecule has 0 amide bonds. The predicted molar refractivity (Wildman–Crippen MR) is 45.3 cm³/mol. The van der Waals surface area contributed by atoms with Gasteiger partial charge in [-0.3, -0.25) is 10.1 Å². The molecule has 0 aromatic heterocycles. The fourth-order valence-corrected chi connectivity index (χ4v) is 0.878. The molecule has 0 aliphatic heterocycles. The van der Waals surface area contributed by atoms with Crippen molar-refractivity contribution in [2.75, 3.05) is 6.61 Å². The molecular formula is C8H6NO6-. The minimum atomic E-state index is -1.45. The topological polar surface area (TPSA) is 113 Å². The van der Waals surface area contributed by atoms with E-state index in [1.54, 1.807) is 0 Å². The molecule has 1 rings (SSSR count). The normalized spacial score (nSPS) is 9.60. The van der Waals surface area contributed by atoms with Gasteiger partial charge in [-0.05, 0) is 6.07 Å². The van der Waals surface area contributed by atoms with Gasteiger partial charge in [0.1, 0.15) is 6.61 Å². The first-order valence-corrected chi connectivity index (χ1v) is 3.80. The van der Waals surface area contributed by atoms with Gasteiger partial charge in [-0.25, -0.2) is 0 Å². The van der Waals surface area contributed by atoms with Crippen LogP contribution in [-0.2, 0) is 4.79 Å².